The van der Waals surface area contributed by atoms with Crippen LogP contribution in [0, 0.1) is 0 Å². The molecule has 2 aliphatic rings. The first-order valence-corrected chi connectivity index (χ1v) is 13.9. The Morgan fingerprint density at radius 2 is 1.80 bits per heavy atom. The number of carboxylic acids is 1. The summed E-state index contributed by atoms with van der Waals surface area (Å²) in [4.78, 5) is 62.9. The zero-order valence-corrected chi connectivity index (χ0v) is 21.4. The van der Waals surface area contributed by atoms with E-state index in [2.05, 4.69) is 33.0 Å². The van der Waals surface area contributed by atoms with E-state index in [1.807, 2.05) is 0 Å². The predicted octanol–water partition coefficient (Wildman–Crippen LogP) is -4.97. The van der Waals surface area contributed by atoms with Gasteiger partial charge in [-0.15, -0.1) is 4.52 Å². The van der Waals surface area contributed by atoms with Gasteiger partial charge in [0.25, 0.3) is 5.56 Å². The Morgan fingerprint density at radius 1 is 1.12 bits per heavy atom. The molecular formula is C16H24N5O17P2+. The molecule has 4 heterocycles. The van der Waals surface area contributed by atoms with Gasteiger partial charge in [-0.1, -0.05) is 0 Å². The van der Waals surface area contributed by atoms with Gasteiger partial charge in [0.05, 0.1) is 12.9 Å². The van der Waals surface area contributed by atoms with E-state index in [0.717, 1.165) is 10.9 Å². The normalized spacial score (nSPS) is 34.6. The van der Waals surface area contributed by atoms with Crippen LogP contribution in [-0.2, 0) is 32.2 Å². The molecule has 224 valence electrons. The van der Waals surface area contributed by atoms with E-state index in [1.54, 1.807) is 0 Å². The van der Waals surface area contributed by atoms with E-state index in [0.29, 0.717) is 0 Å². The Labute approximate surface area is 221 Å². The molecule has 0 aliphatic carbocycles. The Hall–Kier alpha value is -2.24. The molecule has 10 unspecified atom stereocenters. The highest BCUT2D eigenvalue weighted by molar-refractivity contribution is 7.65. The van der Waals surface area contributed by atoms with Crippen molar-refractivity contribution in [2.24, 2.45) is 0 Å². The zero-order valence-electron chi connectivity index (χ0n) is 19.6. The highest BCUT2D eigenvalue weighted by Crippen LogP contribution is 2.66. The first-order chi connectivity index (χ1) is 18.5. The molecule has 24 heteroatoms. The van der Waals surface area contributed by atoms with E-state index < -0.39 is 89.4 Å². The number of carboxylic acid groups (broad SMARTS) is 1. The number of nitrogens with two attached hydrogens (primary N) is 1. The molecule has 2 aliphatic heterocycles. The number of nitrogens with zero attached hydrogens (tertiary/aromatic N) is 3. The maximum Gasteiger partial charge on any atom is 0.583 e. The number of nitrogen functional groups attached to an aromatic ring is 1. The number of fused-ring (bicyclic) bond motifs is 1. The van der Waals surface area contributed by atoms with Crippen LogP contribution >= 0.6 is 16.0 Å². The van der Waals surface area contributed by atoms with Crippen LogP contribution in [0.1, 0.15) is 6.23 Å². The zero-order chi connectivity index (χ0) is 29.7. The summed E-state index contributed by atoms with van der Waals surface area (Å²) >= 11 is 0. The van der Waals surface area contributed by atoms with Gasteiger partial charge in [-0.2, -0.15) is 14.8 Å². The number of hydrogen-bond acceptors (Lipinski definition) is 18. The maximum atomic E-state index is 12.3. The Balaban J connectivity index is 1.40. The molecule has 2 saturated heterocycles. The third-order valence-corrected chi connectivity index (χ3v) is 8.36. The minimum Gasteiger partial charge on any atom is -0.479 e. The molecule has 0 amide bonds. The SMILES string of the molecule is Nc1nc2c(ncn2C2OC(COP(=O)(O)O[P+](O)(O)OC3OC(C(=O)O)C(O)C(O)C3O)C(O)C2O)c(=O)[nH]1. The standard InChI is InChI=1S/C16H23N5O17P2/c17-16-19-11-4(12(27)20-16)18-2-21(11)13-8(25)5(22)3(35-13)1-34-39(30,31)38-40(32,33)37-15-9(26)6(23)7(24)10(36-15)14(28)29/h2-3,5-10,13,15,22-26,32-33H,1H2,(H4-,17,19,20,27,28,29,30,31)/p+1. The van der Waals surface area contributed by atoms with Crippen LogP contribution in [-0.4, -0.2) is 126 Å². The van der Waals surface area contributed by atoms with E-state index in [9.17, 15) is 54.4 Å². The molecule has 0 radical (unpaired) electrons. The molecular weight excluding hydrogens is 596 g/mol. The fourth-order valence-corrected chi connectivity index (χ4v) is 6.04. The lowest BCUT2D eigenvalue weighted by Crippen LogP contribution is -2.60. The van der Waals surface area contributed by atoms with Crippen LogP contribution in [0.5, 0.6) is 0 Å². The fraction of sp³-hybridized carbons (Fsp3) is 0.625. The third-order valence-electron chi connectivity index (χ3n) is 5.73. The van der Waals surface area contributed by atoms with Gasteiger partial charge < -0.3 is 50.7 Å². The fourth-order valence-electron chi connectivity index (χ4n) is 3.85. The number of carbonyl (C=O) groups is 1. The van der Waals surface area contributed by atoms with Crippen LogP contribution in [0.2, 0.25) is 0 Å². The molecule has 2 aromatic rings. The van der Waals surface area contributed by atoms with E-state index in [1.165, 1.54) is 0 Å². The largest absolute Gasteiger partial charge is 0.583 e. The van der Waals surface area contributed by atoms with Crippen LogP contribution in [0.4, 0.5) is 5.95 Å². The molecule has 0 aromatic carbocycles. The molecule has 10 atom stereocenters. The lowest BCUT2D eigenvalue weighted by molar-refractivity contribution is -0.275. The third kappa shape index (κ3) is 6.16. The summed E-state index contributed by atoms with van der Waals surface area (Å²) in [6.07, 6.45) is -16.6. The van der Waals surface area contributed by atoms with Crippen LogP contribution in [0.15, 0.2) is 11.1 Å². The van der Waals surface area contributed by atoms with Crippen LogP contribution in [0.3, 0.4) is 0 Å². The number of hydrogen-bond donors (Lipinski definition) is 11. The van der Waals surface area contributed by atoms with E-state index >= 15 is 0 Å². The molecule has 4 rings (SSSR count). The second-order valence-electron chi connectivity index (χ2n) is 8.50. The van der Waals surface area contributed by atoms with Crippen LogP contribution in [0.25, 0.3) is 11.2 Å². The van der Waals surface area contributed by atoms with Gasteiger partial charge >= 0.3 is 22.0 Å². The number of anilines is 1. The number of imidazole rings is 1. The van der Waals surface area contributed by atoms with Gasteiger partial charge in [0, 0.05) is 0 Å². The first-order valence-electron chi connectivity index (χ1n) is 10.9. The number of phosphoric ester groups is 1. The molecule has 40 heavy (non-hydrogen) atoms. The van der Waals surface area contributed by atoms with Crippen molar-refractivity contribution in [3.63, 3.8) is 0 Å². The number of rotatable bonds is 9. The Morgan fingerprint density at radius 3 is 2.45 bits per heavy atom. The summed E-state index contributed by atoms with van der Waals surface area (Å²) in [5.74, 6) is -2.11. The molecule has 0 bridgehead atoms. The van der Waals surface area contributed by atoms with Crippen molar-refractivity contribution in [1.29, 1.82) is 0 Å². The van der Waals surface area contributed by atoms with Gasteiger partial charge in [0.2, 0.25) is 12.2 Å². The molecule has 0 spiro atoms. The van der Waals surface area contributed by atoms with Crippen molar-refractivity contribution in [2.45, 2.75) is 55.2 Å². The summed E-state index contributed by atoms with van der Waals surface area (Å²) < 4.78 is 36.7. The lowest BCUT2D eigenvalue weighted by Gasteiger charge is -2.37. The quantitative estimate of drug-likeness (QED) is 0.117. The predicted molar refractivity (Wildman–Crippen MR) is 122 cm³/mol. The number of aliphatic hydroxyl groups excluding tert-OH is 5. The molecule has 2 aromatic heterocycles. The summed E-state index contributed by atoms with van der Waals surface area (Å²) in [7, 11) is -11.0. The smallest absolute Gasteiger partial charge is 0.479 e. The van der Waals surface area contributed by atoms with Gasteiger partial charge in [-0.3, -0.25) is 18.9 Å². The number of H-pyrrole nitrogens is 1. The number of ether oxygens (including phenoxy) is 2. The van der Waals surface area contributed by atoms with E-state index in [4.69, 9.17) is 15.6 Å². The number of aromatic amines is 1. The summed E-state index contributed by atoms with van der Waals surface area (Å²) in [6.45, 7) is -1.01. The van der Waals surface area contributed by atoms with Crippen LogP contribution < -0.4 is 11.3 Å². The number of aromatic nitrogens is 4. The van der Waals surface area contributed by atoms with E-state index in [-0.39, 0.29) is 17.1 Å². The van der Waals surface area contributed by atoms with Gasteiger partial charge in [-0.05, 0) is 4.31 Å². The van der Waals surface area contributed by atoms with Crippen molar-refractivity contribution in [3.05, 3.63) is 16.7 Å². The number of aliphatic hydroxyl groups is 5. The van der Waals surface area contributed by atoms with Crippen molar-refractivity contribution < 1.29 is 77.5 Å². The van der Waals surface area contributed by atoms with Gasteiger partial charge in [0.1, 0.15) is 36.6 Å². The average Bonchev–Trinajstić information content (AvgIpc) is 3.38. The van der Waals surface area contributed by atoms with Crippen molar-refractivity contribution in [2.75, 3.05) is 12.3 Å². The molecule has 0 saturated carbocycles. The second-order valence-corrected chi connectivity index (χ2v) is 11.5. The highest BCUT2D eigenvalue weighted by Gasteiger charge is 2.58. The van der Waals surface area contributed by atoms with Crippen molar-refractivity contribution >= 4 is 39.1 Å². The number of nitrogens with one attached hydrogen (secondary N) is 1. The Kier molecular flexibility index (Phi) is 8.61. The number of aliphatic carboxylic acids is 1. The maximum absolute atomic E-state index is 12.3. The van der Waals surface area contributed by atoms with Crippen molar-refractivity contribution in [1.82, 2.24) is 19.5 Å². The van der Waals surface area contributed by atoms with Crippen molar-refractivity contribution in [3.8, 4) is 0 Å². The lowest BCUT2D eigenvalue weighted by atomic mass is 9.99. The Bertz CT molecular complexity index is 1350. The summed E-state index contributed by atoms with van der Waals surface area (Å²) in [6, 6.07) is 0. The minimum absolute atomic E-state index is 0.127. The van der Waals surface area contributed by atoms with Gasteiger partial charge in [-0.25, -0.2) is 14.3 Å². The first kappa shape index (κ1) is 30.7. The average molecular weight is 620 g/mol. The molecule has 22 nitrogen and oxygen atoms in total. The molecule has 2 fully saturated rings. The van der Waals surface area contributed by atoms with Gasteiger partial charge in [0.15, 0.2) is 23.5 Å². The summed E-state index contributed by atoms with van der Waals surface area (Å²) in [5, 5.41) is 59.1. The number of phosphoric acid groups is 1. The minimum atomic E-state index is -5.50. The highest BCUT2D eigenvalue weighted by atomic mass is 31.3. The monoisotopic (exact) mass is 620 g/mol. The second kappa shape index (κ2) is 11.2. The topological polar surface area (TPSA) is 352 Å². The molecule has 12 N–H and O–H groups in total. The summed E-state index contributed by atoms with van der Waals surface area (Å²) in [5.41, 5.74) is 4.50.